The van der Waals surface area contributed by atoms with Crippen LogP contribution in [0.5, 0.6) is 0 Å². The first kappa shape index (κ1) is 48.3. The molecule has 1 atom stereocenters. The van der Waals surface area contributed by atoms with Crippen LogP contribution >= 0.6 is 57.1 Å². The zero-order chi connectivity index (χ0) is 45.0. The Hall–Kier alpha value is -3.15. The van der Waals surface area contributed by atoms with E-state index in [-0.39, 0.29) is 0 Å². The molecule has 1 aromatic carbocycles. The van der Waals surface area contributed by atoms with Crippen LogP contribution in [0.3, 0.4) is 0 Å². The monoisotopic (exact) mass is 963 g/mol. The lowest BCUT2D eigenvalue weighted by molar-refractivity contribution is 0.452. The van der Waals surface area contributed by atoms with Crippen LogP contribution in [0.25, 0.3) is 72.3 Å². The van der Waals surface area contributed by atoms with Gasteiger partial charge in [0, 0.05) is 61.1 Å². The molecule has 0 aliphatic heterocycles. The van der Waals surface area contributed by atoms with Crippen LogP contribution in [0.15, 0.2) is 54.7 Å². The van der Waals surface area contributed by atoms with E-state index in [0.29, 0.717) is 0 Å². The minimum Gasteiger partial charge on any atom is -0.372 e. The Morgan fingerprint density at radius 1 is 0.569 bits per heavy atom. The average molecular weight is 965 g/mol. The highest BCUT2D eigenvalue weighted by Crippen LogP contribution is 2.47. The molecule has 5 nitrogen and oxygen atoms in total. The molecule has 0 saturated carbocycles. The Kier molecular flexibility index (Phi) is 18.0. The second kappa shape index (κ2) is 24.2. The maximum absolute atomic E-state index is 5.21. The summed E-state index contributed by atoms with van der Waals surface area (Å²) in [5.74, 6) is 0.771. The normalized spacial score (nSPS) is 12.6. The van der Waals surface area contributed by atoms with Crippen LogP contribution in [-0.2, 0) is 13.0 Å². The number of aryl methyl sites for hydroxylation is 1. The van der Waals surface area contributed by atoms with Crippen molar-refractivity contribution in [2.45, 2.75) is 176 Å². The van der Waals surface area contributed by atoms with Gasteiger partial charge in [0.15, 0.2) is 0 Å². The first-order valence-corrected chi connectivity index (χ1v) is 29.6. The van der Waals surface area contributed by atoms with Gasteiger partial charge in [0.1, 0.15) is 16.7 Å². The van der Waals surface area contributed by atoms with E-state index in [0.717, 1.165) is 34.8 Å². The molecule has 8 rings (SSSR count). The molecular weight excluding hydrogens is 891 g/mol. The zero-order valence-electron chi connectivity index (χ0n) is 40.0. The van der Waals surface area contributed by atoms with E-state index in [1.54, 1.807) is 4.88 Å². The summed E-state index contributed by atoms with van der Waals surface area (Å²) in [5, 5.41) is 0. The van der Waals surface area contributed by atoms with Crippen molar-refractivity contribution in [2.24, 2.45) is 5.92 Å². The van der Waals surface area contributed by atoms with Gasteiger partial charge in [0.2, 0.25) is 0 Å². The molecule has 0 saturated heterocycles. The molecule has 8 aromatic rings. The number of benzene rings is 1. The Bertz CT molecular complexity index is 2620. The van der Waals surface area contributed by atoms with Gasteiger partial charge in [-0.3, -0.25) is 4.98 Å². The summed E-state index contributed by atoms with van der Waals surface area (Å²) in [4.78, 5) is 13.2. The van der Waals surface area contributed by atoms with Crippen molar-refractivity contribution in [1.29, 1.82) is 0 Å². The van der Waals surface area contributed by atoms with E-state index >= 15 is 0 Å². The van der Waals surface area contributed by atoms with Gasteiger partial charge in [-0.2, -0.15) is 8.75 Å². The van der Waals surface area contributed by atoms with E-state index in [1.165, 1.54) is 215 Å². The van der Waals surface area contributed by atoms with Gasteiger partial charge in [0.25, 0.3) is 0 Å². The molecule has 0 N–H and O–H groups in total. The third kappa shape index (κ3) is 11.8. The van der Waals surface area contributed by atoms with Crippen molar-refractivity contribution < 1.29 is 0 Å². The van der Waals surface area contributed by atoms with Gasteiger partial charge < -0.3 is 9.47 Å². The van der Waals surface area contributed by atoms with Crippen LogP contribution in [0, 0.1) is 5.92 Å². The minimum absolute atomic E-state index is 0.771. The number of hydrogen-bond acceptors (Lipinski definition) is 9. The lowest BCUT2D eigenvalue weighted by atomic mass is 9.95. The van der Waals surface area contributed by atoms with Crippen LogP contribution in [0.1, 0.15) is 168 Å². The molecular formula is C55H73N5S5. The predicted octanol–water partition coefficient (Wildman–Crippen LogP) is 19.5. The molecule has 0 spiro atoms. The largest absolute Gasteiger partial charge is 0.372 e. The number of rotatable bonds is 29. The van der Waals surface area contributed by atoms with Gasteiger partial charge in [-0.1, -0.05) is 156 Å². The molecule has 1 unspecified atom stereocenters. The number of thiophene rings is 4. The number of anilines is 1. The van der Waals surface area contributed by atoms with E-state index in [9.17, 15) is 0 Å². The lowest BCUT2D eigenvalue weighted by Crippen LogP contribution is -2.25. The number of unbranched alkanes of at least 4 members (excludes halogenated alkanes) is 14. The first-order valence-electron chi connectivity index (χ1n) is 25.6. The van der Waals surface area contributed by atoms with Crippen molar-refractivity contribution >= 4 is 104 Å². The number of aromatic nitrogens is 4. The molecule has 0 bridgehead atoms. The molecule has 0 radical (unpaired) electrons. The maximum Gasteiger partial charge on any atom is 0.132 e. The fourth-order valence-electron chi connectivity index (χ4n) is 9.67. The Balaban J connectivity index is 1.00. The molecule has 7 heterocycles. The lowest BCUT2D eigenvalue weighted by Gasteiger charge is -2.25. The molecule has 7 aromatic heterocycles. The smallest absolute Gasteiger partial charge is 0.132 e. The van der Waals surface area contributed by atoms with Crippen molar-refractivity contribution in [1.82, 2.24) is 18.3 Å². The zero-order valence-corrected chi connectivity index (χ0v) is 44.1. The molecule has 65 heavy (non-hydrogen) atoms. The first-order chi connectivity index (χ1) is 32.0. The van der Waals surface area contributed by atoms with E-state index in [4.69, 9.17) is 13.7 Å². The van der Waals surface area contributed by atoms with Gasteiger partial charge in [-0.25, -0.2) is 0 Å². The predicted molar refractivity (Wildman–Crippen MR) is 294 cm³/mol. The van der Waals surface area contributed by atoms with Gasteiger partial charge in [0.05, 0.1) is 37.0 Å². The summed E-state index contributed by atoms with van der Waals surface area (Å²) in [5.41, 5.74) is 9.44. The Morgan fingerprint density at radius 2 is 1.17 bits per heavy atom. The van der Waals surface area contributed by atoms with Crippen molar-refractivity contribution in [3.63, 3.8) is 0 Å². The summed E-state index contributed by atoms with van der Waals surface area (Å²) < 4.78 is 18.0. The van der Waals surface area contributed by atoms with Crippen LogP contribution in [0.2, 0.25) is 0 Å². The van der Waals surface area contributed by atoms with Crippen LogP contribution < -0.4 is 4.90 Å². The molecule has 348 valence electrons. The molecule has 0 aliphatic carbocycles. The van der Waals surface area contributed by atoms with Crippen LogP contribution in [-0.4, -0.2) is 31.4 Å². The fraction of sp³-hybridized carbons (Fsp3) is 0.545. The number of hydrogen-bond donors (Lipinski definition) is 0. The molecule has 10 heteroatoms. The average Bonchev–Trinajstić information content (AvgIpc) is 4.19. The topological polar surface area (TPSA) is 46.8 Å². The van der Waals surface area contributed by atoms with Gasteiger partial charge >= 0.3 is 0 Å². The van der Waals surface area contributed by atoms with E-state index in [1.807, 2.05) is 45.3 Å². The standard InChI is InChI=1S/C55H73N5S5/c1-6-11-15-18-20-22-30-59(31-23-21-19-16-12-7-2)41-28-26-40(27-29-41)46-36-48-49(62-46)37-47(63-48)43-38-56-52(53-51(43)57-65-58-53)50-35-45-55(64-50)54-44(60(45)32-24-17-13-8-3)34-42(61-54)33-39(10-5)25-14-9-4/h26-29,34-39H,6-25,30-33H2,1-5H3. The van der Waals surface area contributed by atoms with Crippen molar-refractivity contribution in [3.05, 3.63) is 59.6 Å². The molecule has 0 amide bonds. The van der Waals surface area contributed by atoms with E-state index < -0.39 is 0 Å². The second-order valence-electron chi connectivity index (χ2n) is 18.6. The quantitative estimate of drug-likeness (QED) is 0.0439. The van der Waals surface area contributed by atoms with Gasteiger partial charge in [-0.15, -0.1) is 45.3 Å². The van der Waals surface area contributed by atoms with E-state index in [2.05, 4.69) is 98.8 Å². The Labute approximate surface area is 410 Å². The third-order valence-electron chi connectivity index (χ3n) is 13.6. The maximum atomic E-state index is 5.21. The van der Waals surface area contributed by atoms with Crippen molar-refractivity contribution in [3.8, 4) is 31.5 Å². The number of nitrogens with zero attached hydrogens (tertiary/aromatic N) is 5. The highest BCUT2D eigenvalue weighted by atomic mass is 32.1. The summed E-state index contributed by atoms with van der Waals surface area (Å²) in [6.07, 6.45) is 29.6. The van der Waals surface area contributed by atoms with Gasteiger partial charge in [-0.05, 0) is 73.6 Å². The molecule has 0 fully saturated rings. The second-order valence-corrected chi connectivity index (χ2v) is 23.5. The SMILES string of the molecule is CCCCCCCCN(CCCCCCCC)c1ccc(-c2cc3sc(-c4cnc(-c5cc6c(s5)c5sc(CC(CC)CCCC)cc5n6CCCCCC)c5nsnc45)cc3s2)cc1. The number of fused-ring (bicyclic) bond motifs is 5. The fourth-order valence-corrected chi connectivity index (χ4v) is 15.2. The summed E-state index contributed by atoms with van der Waals surface area (Å²) >= 11 is 9.01. The third-order valence-corrected chi connectivity index (χ3v) is 19.0. The summed E-state index contributed by atoms with van der Waals surface area (Å²) in [7, 11) is 0. The highest BCUT2D eigenvalue weighted by molar-refractivity contribution is 7.31. The minimum atomic E-state index is 0.771. The summed E-state index contributed by atoms with van der Waals surface area (Å²) in [6, 6.07) is 19.2. The number of pyridine rings is 1. The molecule has 0 aliphatic rings. The Morgan fingerprint density at radius 3 is 1.86 bits per heavy atom. The van der Waals surface area contributed by atoms with Crippen LogP contribution in [0.4, 0.5) is 5.69 Å². The highest BCUT2D eigenvalue weighted by Gasteiger charge is 2.23. The summed E-state index contributed by atoms with van der Waals surface area (Å²) in [6.45, 7) is 15.0. The van der Waals surface area contributed by atoms with Crippen molar-refractivity contribution in [2.75, 3.05) is 18.0 Å².